The lowest BCUT2D eigenvalue weighted by Gasteiger charge is -2.22. The highest BCUT2D eigenvalue weighted by Crippen LogP contribution is 2.26. The van der Waals surface area contributed by atoms with Crippen molar-refractivity contribution in [2.75, 3.05) is 5.73 Å². The lowest BCUT2D eigenvalue weighted by molar-refractivity contribution is 0.279. The van der Waals surface area contributed by atoms with Crippen LogP contribution in [-0.2, 0) is 6.54 Å². The molecule has 2 N–H and O–H groups in total. The lowest BCUT2D eigenvalue weighted by Crippen LogP contribution is -2.20. The Balaban J connectivity index is 2.39. The van der Waals surface area contributed by atoms with Gasteiger partial charge in [0.15, 0.2) is 5.82 Å². The number of nitrogens with zero attached hydrogens (tertiary/aromatic N) is 4. The molecule has 0 radical (unpaired) electrons. The van der Waals surface area contributed by atoms with Crippen LogP contribution in [0.5, 0.6) is 0 Å². The van der Waals surface area contributed by atoms with Gasteiger partial charge in [-0.15, -0.1) is 5.10 Å². The van der Waals surface area contributed by atoms with Gasteiger partial charge in [0.2, 0.25) is 0 Å². The van der Waals surface area contributed by atoms with Crippen LogP contribution in [-0.4, -0.2) is 20.2 Å². The fourth-order valence-electron chi connectivity index (χ4n) is 1.73. The first-order valence-corrected chi connectivity index (χ1v) is 6.24. The monoisotopic (exact) mass is 263 g/mol. The van der Waals surface area contributed by atoms with Crippen molar-refractivity contribution in [3.63, 3.8) is 0 Å². The Morgan fingerprint density at radius 1 is 1.37 bits per heavy atom. The highest BCUT2D eigenvalue weighted by Gasteiger charge is 2.21. The summed E-state index contributed by atoms with van der Waals surface area (Å²) >= 11 is 0. The van der Waals surface area contributed by atoms with Crippen molar-refractivity contribution in [3.8, 4) is 11.4 Å². The smallest absolute Gasteiger partial charge is 0.184 e. The highest BCUT2D eigenvalue weighted by molar-refractivity contribution is 5.59. The molecule has 0 saturated heterocycles. The quantitative estimate of drug-likeness (QED) is 0.860. The van der Waals surface area contributed by atoms with Crippen LogP contribution in [0.15, 0.2) is 18.2 Å². The predicted octanol–water partition coefficient (Wildman–Crippen LogP) is 2.50. The van der Waals surface area contributed by atoms with E-state index in [1.807, 2.05) is 0 Å². The van der Waals surface area contributed by atoms with Crippen LogP contribution in [0.25, 0.3) is 11.4 Å². The molecule has 6 heteroatoms. The van der Waals surface area contributed by atoms with Crippen LogP contribution in [0.1, 0.15) is 27.2 Å². The number of rotatable bonds is 4. The number of hydrogen-bond donors (Lipinski definition) is 1. The molecule has 0 amide bonds. The summed E-state index contributed by atoms with van der Waals surface area (Å²) in [5.41, 5.74) is 6.34. The molecule has 0 spiro atoms. The number of nitrogens with two attached hydrogens (primary N) is 1. The maximum atomic E-state index is 13.9. The summed E-state index contributed by atoms with van der Waals surface area (Å²) in [6, 6.07) is 4.52. The van der Waals surface area contributed by atoms with Crippen molar-refractivity contribution in [1.82, 2.24) is 20.2 Å². The predicted molar refractivity (Wildman–Crippen MR) is 71.7 cm³/mol. The zero-order valence-electron chi connectivity index (χ0n) is 11.4. The standard InChI is InChI=1S/C13H18FN5/c1-4-13(2,3)8-19-12(16-17-18-19)10-6-5-9(15)7-11(10)14/h5-7H,4,8,15H2,1-3H3. The summed E-state index contributed by atoms with van der Waals surface area (Å²) in [6.45, 7) is 6.99. The van der Waals surface area contributed by atoms with E-state index in [2.05, 4.69) is 36.3 Å². The van der Waals surface area contributed by atoms with E-state index < -0.39 is 5.82 Å². The Labute approximate surface area is 111 Å². The number of aromatic nitrogens is 4. The Morgan fingerprint density at radius 2 is 2.11 bits per heavy atom. The molecule has 5 nitrogen and oxygen atoms in total. The number of nitrogen functional groups attached to an aromatic ring is 1. The van der Waals surface area contributed by atoms with Gasteiger partial charge in [-0.25, -0.2) is 9.07 Å². The molecule has 0 bridgehead atoms. The van der Waals surface area contributed by atoms with Crippen LogP contribution < -0.4 is 5.73 Å². The molecular weight excluding hydrogens is 245 g/mol. The summed E-state index contributed by atoms with van der Waals surface area (Å²) in [5, 5.41) is 11.5. The van der Waals surface area contributed by atoms with Crippen molar-refractivity contribution in [2.45, 2.75) is 33.7 Å². The summed E-state index contributed by atoms with van der Waals surface area (Å²) in [6.07, 6.45) is 0.983. The van der Waals surface area contributed by atoms with Crippen LogP contribution in [0.2, 0.25) is 0 Å². The molecule has 1 aromatic heterocycles. The van der Waals surface area contributed by atoms with E-state index in [1.54, 1.807) is 16.8 Å². The first-order valence-electron chi connectivity index (χ1n) is 6.24. The van der Waals surface area contributed by atoms with Crippen LogP contribution in [0.4, 0.5) is 10.1 Å². The van der Waals surface area contributed by atoms with Gasteiger partial charge in [0.25, 0.3) is 0 Å². The van der Waals surface area contributed by atoms with Gasteiger partial charge in [-0.1, -0.05) is 20.8 Å². The minimum atomic E-state index is -0.412. The molecule has 0 aliphatic heterocycles. The van der Waals surface area contributed by atoms with Gasteiger partial charge in [0.1, 0.15) is 5.82 Å². The first-order chi connectivity index (χ1) is 8.93. The average molecular weight is 263 g/mol. The van der Waals surface area contributed by atoms with E-state index in [0.717, 1.165) is 6.42 Å². The topological polar surface area (TPSA) is 69.6 Å². The maximum absolute atomic E-state index is 13.9. The van der Waals surface area contributed by atoms with E-state index in [0.29, 0.717) is 23.6 Å². The summed E-state index contributed by atoms with van der Waals surface area (Å²) in [7, 11) is 0. The molecule has 0 saturated carbocycles. The minimum absolute atomic E-state index is 0.0500. The third-order valence-corrected chi connectivity index (χ3v) is 3.30. The van der Waals surface area contributed by atoms with E-state index in [9.17, 15) is 4.39 Å². The van der Waals surface area contributed by atoms with Gasteiger partial charge >= 0.3 is 0 Å². The van der Waals surface area contributed by atoms with Gasteiger partial charge in [0, 0.05) is 5.69 Å². The molecule has 0 atom stereocenters. The van der Waals surface area contributed by atoms with Gasteiger partial charge in [0.05, 0.1) is 12.1 Å². The van der Waals surface area contributed by atoms with Crippen LogP contribution >= 0.6 is 0 Å². The Kier molecular flexibility index (Phi) is 3.50. The minimum Gasteiger partial charge on any atom is -0.399 e. The van der Waals surface area contributed by atoms with Crippen molar-refractivity contribution < 1.29 is 4.39 Å². The summed E-state index contributed by atoms with van der Waals surface area (Å²) in [4.78, 5) is 0. The molecule has 0 aliphatic carbocycles. The molecule has 102 valence electrons. The fourth-order valence-corrected chi connectivity index (χ4v) is 1.73. The van der Waals surface area contributed by atoms with E-state index >= 15 is 0 Å². The molecule has 0 aliphatic rings. The third kappa shape index (κ3) is 2.89. The van der Waals surface area contributed by atoms with Crippen molar-refractivity contribution in [1.29, 1.82) is 0 Å². The van der Waals surface area contributed by atoms with Crippen molar-refractivity contribution in [2.24, 2.45) is 5.41 Å². The highest BCUT2D eigenvalue weighted by atomic mass is 19.1. The van der Waals surface area contributed by atoms with E-state index in [4.69, 9.17) is 5.73 Å². The Hall–Kier alpha value is -1.98. The number of anilines is 1. The van der Waals surface area contributed by atoms with Crippen LogP contribution in [0, 0.1) is 11.2 Å². The fraction of sp³-hybridized carbons (Fsp3) is 0.462. The van der Waals surface area contributed by atoms with Gasteiger partial charge < -0.3 is 5.73 Å². The zero-order chi connectivity index (χ0) is 14.0. The van der Waals surface area contributed by atoms with Gasteiger partial charge in [-0.3, -0.25) is 0 Å². The second kappa shape index (κ2) is 4.95. The largest absolute Gasteiger partial charge is 0.399 e. The summed E-state index contributed by atoms with van der Waals surface area (Å²) in [5.74, 6) is 0.0179. The summed E-state index contributed by atoms with van der Waals surface area (Å²) < 4.78 is 15.6. The maximum Gasteiger partial charge on any atom is 0.184 e. The number of hydrogen-bond acceptors (Lipinski definition) is 4. The number of benzene rings is 1. The van der Waals surface area contributed by atoms with Crippen LogP contribution in [0.3, 0.4) is 0 Å². The molecular formula is C13H18FN5. The Morgan fingerprint density at radius 3 is 2.74 bits per heavy atom. The molecule has 19 heavy (non-hydrogen) atoms. The molecule has 2 aromatic rings. The number of halogens is 1. The zero-order valence-corrected chi connectivity index (χ0v) is 11.4. The SMILES string of the molecule is CCC(C)(C)Cn1nnnc1-c1ccc(N)cc1F. The van der Waals surface area contributed by atoms with Crippen molar-refractivity contribution >= 4 is 5.69 Å². The molecule has 2 rings (SSSR count). The van der Waals surface area contributed by atoms with Crippen molar-refractivity contribution in [3.05, 3.63) is 24.0 Å². The van der Waals surface area contributed by atoms with E-state index in [-0.39, 0.29) is 5.41 Å². The Bertz CT molecular complexity index is 576. The second-order valence-electron chi connectivity index (χ2n) is 5.42. The molecule has 1 aromatic carbocycles. The average Bonchev–Trinajstić information content (AvgIpc) is 2.76. The van der Waals surface area contributed by atoms with Gasteiger partial charge in [-0.05, 0) is 40.5 Å². The normalized spacial score (nSPS) is 11.8. The first kappa shape index (κ1) is 13.5. The third-order valence-electron chi connectivity index (χ3n) is 3.30. The molecule has 0 fully saturated rings. The number of tetrazole rings is 1. The second-order valence-corrected chi connectivity index (χ2v) is 5.42. The lowest BCUT2D eigenvalue weighted by atomic mass is 9.90. The molecule has 1 heterocycles. The molecule has 0 unspecified atom stereocenters. The van der Waals surface area contributed by atoms with Gasteiger partial charge in [-0.2, -0.15) is 0 Å². The van der Waals surface area contributed by atoms with E-state index in [1.165, 1.54) is 6.07 Å².